The minimum Gasteiger partial charge on any atom is -0.372 e. The number of benzene rings is 2. The molecule has 2 amide bonds. The highest BCUT2D eigenvalue weighted by Gasteiger charge is 2.37. The average Bonchev–Trinajstić information content (AvgIpc) is 3.39. The number of nitrogens with zero attached hydrogens (tertiary/aromatic N) is 3. The minimum absolute atomic E-state index is 0.0244. The summed E-state index contributed by atoms with van der Waals surface area (Å²) in [6.45, 7) is 5.22. The van der Waals surface area contributed by atoms with Crippen LogP contribution in [-0.2, 0) is 9.59 Å². The fourth-order valence-electron chi connectivity index (χ4n) is 4.24. The normalized spacial score (nSPS) is 19.3. The summed E-state index contributed by atoms with van der Waals surface area (Å²) in [5.41, 5.74) is 2.98. The third-order valence-corrected chi connectivity index (χ3v) is 5.76. The molecule has 0 aliphatic carbocycles. The van der Waals surface area contributed by atoms with E-state index in [4.69, 9.17) is 0 Å². The predicted molar refractivity (Wildman–Crippen MR) is 113 cm³/mol. The lowest BCUT2D eigenvalue weighted by molar-refractivity contribution is -0.124. The fourth-order valence-corrected chi connectivity index (χ4v) is 4.24. The molecule has 0 N–H and O–H groups in total. The van der Waals surface area contributed by atoms with Gasteiger partial charge >= 0.3 is 0 Å². The summed E-state index contributed by atoms with van der Waals surface area (Å²) in [6, 6.07) is 17.9. The van der Waals surface area contributed by atoms with Crippen LogP contribution < -0.4 is 14.7 Å². The van der Waals surface area contributed by atoms with Crippen LogP contribution in [0, 0.1) is 5.92 Å². The van der Waals surface area contributed by atoms with Gasteiger partial charge in [-0.2, -0.15) is 0 Å². The lowest BCUT2D eigenvalue weighted by Gasteiger charge is -2.24. The van der Waals surface area contributed by atoms with E-state index in [0.717, 1.165) is 24.5 Å². The highest BCUT2D eigenvalue weighted by molar-refractivity contribution is 6.04. The van der Waals surface area contributed by atoms with Gasteiger partial charge in [-0.1, -0.05) is 18.2 Å². The number of para-hydroxylation sites is 1. The second-order valence-electron chi connectivity index (χ2n) is 7.53. The fraction of sp³-hybridized carbons (Fsp3) is 0.391. The Balaban J connectivity index is 1.46. The molecule has 0 saturated carbocycles. The zero-order valence-corrected chi connectivity index (χ0v) is 16.4. The molecule has 1 atom stereocenters. The molecule has 0 spiro atoms. The van der Waals surface area contributed by atoms with Gasteiger partial charge in [-0.3, -0.25) is 9.59 Å². The SMILES string of the molecule is CCN(C(=O)C1CC(=O)N(c2ccc(N3CCCC3)cc2)C1)c1ccccc1. The molecule has 1 unspecified atom stereocenters. The monoisotopic (exact) mass is 377 g/mol. The van der Waals surface area contributed by atoms with Crippen LogP contribution in [0.15, 0.2) is 54.6 Å². The van der Waals surface area contributed by atoms with E-state index in [-0.39, 0.29) is 24.2 Å². The summed E-state index contributed by atoms with van der Waals surface area (Å²) in [5, 5.41) is 0. The summed E-state index contributed by atoms with van der Waals surface area (Å²) >= 11 is 0. The molecule has 4 rings (SSSR count). The number of rotatable bonds is 5. The Morgan fingerprint density at radius 2 is 1.64 bits per heavy atom. The molecule has 0 radical (unpaired) electrons. The number of carbonyl (C=O) groups excluding carboxylic acids is 2. The first-order chi connectivity index (χ1) is 13.7. The van der Waals surface area contributed by atoms with Crippen LogP contribution in [-0.4, -0.2) is 38.0 Å². The highest BCUT2D eigenvalue weighted by Crippen LogP contribution is 2.30. The van der Waals surface area contributed by atoms with Crippen LogP contribution in [0.3, 0.4) is 0 Å². The standard InChI is InChI=1S/C23H27N3O2/c1-2-25(20-8-4-3-5-9-20)23(28)18-16-22(27)26(17-18)21-12-10-19(11-13-21)24-14-6-7-15-24/h3-5,8-13,18H,2,6-7,14-17H2,1H3. The molecular weight excluding hydrogens is 350 g/mol. The van der Waals surface area contributed by atoms with Crippen molar-refractivity contribution in [3.8, 4) is 0 Å². The first kappa shape index (κ1) is 18.5. The van der Waals surface area contributed by atoms with Gasteiger partial charge in [-0.05, 0) is 56.2 Å². The molecule has 2 fully saturated rings. The summed E-state index contributed by atoms with van der Waals surface area (Å²) in [5.74, 6) is -0.250. The topological polar surface area (TPSA) is 43.9 Å². The largest absolute Gasteiger partial charge is 0.372 e. The van der Waals surface area contributed by atoms with E-state index in [1.54, 1.807) is 9.80 Å². The highest BCUT2D eigenvalue weighted by atomic mass is 16.2. The maximum Gasteiger partial charge on any atom is 0.232 e. The predicted octanol–water partition coefficient (Wildman–Crippen LogP) is 3.69. The Labute approximate surface area is 166 Å². The molecule has 0 bridgehead atoms. The smallest absolute Gasteiger partial charge is 0.232 e. The van der Waals surface area contributed by atoms with E-state index >= 15 is 0 Å². The number of hydrogen-bond acceptors (Lipinski definition) is 3. The molecule has 5 heteroatoms. The summed E-state index contributed by atoms with van der Waals surface area (Å²) in [7, 11) is 0. The first-order valence-electron chi connectivity index (χ1n) is 10.2. The van der Waals surface area contributed by atoms with Gasteiger partial charge in [0.1, 0.15) is 0 Å². The molecule has 0 aromatic heterocycles. The van der Waals surface area contributed by atoms with Crippen molar-refractivity contribution in [1.82, 2.24) is 0 Å². The zero-order chi connectivity index (χ0) is 19.5. The van der Waals surface area contributed by atoms with Crippen molar-refractivity contribution in [2.24, 2.45) is 5.92 Å². The van der Waals surface area contributed by atoms with Crippen LogP contribution in [0.2, 0.25) is 0 Å². The van der Waals surface area contributed by atoms with Gasteiger partial charge in [0.2, 0.25) is 11.8 Å². The van der Waals surface area contributed by atoms with Crippen molar-refractivity contribution in [3.63, 3.8) is 0 Å². The number of amides is 2. The van der Waals surface area contributed by atoms with Gasteiger partial charge in [-0.25, -0.2) is 0 Å². The van der Waals surface area contributed by atoms with E-state index < -0.39 is 0 Å². The maximum absolute atomic E-state index is 13.1. The number of hydrogen-bond donors (Lipinski definition) is 0. The van der Waals surface area contributed by atoms with Gasteiger partial charge in [0.05, 0.1) is 5.92 Å². The third kappa shape index (κ3) is 3.61. The molecule has 2 aliphatic heterocycles. The quantitative estimate of drug-likeness (QED) is 0.798. The van der Waals surface area contributed by atoms with Crippen LogP contribution >= 0.6 is 0 Å². The molecule has 2 aromatic carbocycles. The number of anilines is 3. The van der Waals surface area contributed by atoms with E-state index in [1.807, 2.05) is 49.4 Å². The van der Waals surface area contributed by atoms with Gasteiger partial charge in [0.25, 0.3) is 0 Å². The Hall–Kier alpha value is -2.82. The molecule has 5 nitrogen and oxygen atoms in total. The van der Waals surface area contributed by atoms with Gasteiger partial charge in [0, 0.05) is 49.7 Å². The average molecular weight is 377 g/mol. The van der Waals surface area contributed by atoms with Crippen LogP contribution in [0.25, 0.3) is 0 Å². The molecule has 2 heterocycles. The maximum atomic E-state index is 13.1. The van der Waals surface area contributed by atoms with Gasteiger partial charge < -0.3 is 14.7 Å². The summed E-state index contributed by atoms with van der Waals surface area (Å²) in [6.07, 6.45) is 2.76. The minimum atomic E-state index is -0.300. The number of carbonyl (C=O) groups is 2. The van der Waals surface area contributed by atoms with Gasteiger partial charge in [-0.15, -0.1) is 0 Å². The third-order valence-electron chi connectivity index (χ3n) is 5.76. The van der Waals surface area contributed by atoms with Crippen LogP contribution in [0.5, 0.6) is 0 Å². The van der Waals surface area contributed by atoms with Gasteiger partial charge in [0.15, 0.2) is 0 Å². The Bertz CT molecular complexity index is 829. The molecule has 2 saturated heterocycles. The second-order valence-corrected chi connectivity index (χ2v) is 7.53. The molecule has 146 valence electrons. The lowest BCUT2D eigenvalue weighted by atomic mass is 10.1. The lowest BCUT2D eigenvalue weighted by Crippen LogP contribution is -2.37. The van der Waals surface area contributed by atoms with Crippen molar-refractivity contribution in [2.45, 2.75) is 26.2 Å². The summed E-state index contributed by atoms with van der Waals surface area (Å²) < 4.78 is 0. The Morgan fingerprint density at radius 3 is 2.29 bits per heavy atom. The first-order valence-corrected chi connectivity index (χ1v) is 10.2. The zero-order valence-electron chi connectivity index (χ0n) is 16.4. The van der Waals surface area contributed by atoms with Crippen LogP contribution in [0.4, 0.5) is 17.1 Å². The molecule has 2 aliphatic rings. The van der Waals surface area contributed by atoms with Crippen molar-refractivity contribution in [1.29, 1.82) is 0 Å². The van der Waals surface area contributed by atoms with E-state index in [0.29, 0.717) is 13.1 Å². The second kappa shape index (κ2) is 8.05. The van der Waals surface area contributed by atoms with Crippen molar-refractivity contribution < 1.29 is 9.59 Å². The van der Waals surface area contributed by atoms with E-state index in [9.17, 15) is 9.59 Å². The van der Waals surface area contributed by atoms with Crippen molar-refractivity contribution >= 4 is 28.9 Å². The van der Waals surface area contributed by atoms with Crippen LogP contribution in [0.1, 0.15) is 26.2 Å². The Kier molecular flexibility index (Phi) is 5.33. The molecular formula is C23H27N3O2. The van der Waals surface area contributed by atoms with Crippen molar-refractivity contribution in [3.05, 3.63) is 54.6 Å². The van der Waals surface area contributed by atoms with E-state index in [1.165, 1.54) is 18.5 Å². The Morgan fingerprint density at radius 1 is 1.00 bits per heavy atom. The van der Waals surface area contributed by atoms with Crippen molar-refractivity contribution in [2.75, 3.05) is 40.9 Å². The molecule has 2 aromatic rings. The molecule has 28 heavy (non-hydrogen) atoms. The summed E-state index contributed by atoms with van der Waals surface area (Å²) in [4.78, 5) is 31.6. The van der Waals surface area contributed by atoms with E-state index in [2.05, 4.69) is 17.0 Å².